The Labute approximate surface area is 172 Å². The van der Waals surface area contributed by atoms with Crippen LogP contribution in [0.4, 0.5) is 26.3 Å². The van der Waals surface area contributed by atoms with Crippen molar-refractivity contribution in [3.05, 3.63) is 53.1 Å². The maximum absolute atomic E-state index is 14.2. The average Bonchev–Trinajstić information content (AvgIpc) is 2.67. The Hall–Kier alpha value is -1.92. The highest BCUT2D eigenvalue weighted by atomic mass is 19.3. The van der Waals surface area contributed by atoms with E-state index in [1.807, 2.05) is 0 Å². The number of allylic oxidation sites excluding steroid dienone is 4. The summed E-state index contributed by atoms with van der Waals surface area (Å²) in [5, 5.41) is 0. The third-order valence-electron chi connectivity index (χ3n) is 6.15. The van der Waals surface area contributed by atoms with Crippen LogP contribution < -0.4 is 4.74 Å². The molecule has 0 spiro atoms. The molecule has 2 aliphatic carbocycles. The first-order valence-corrected chi connectivity index (χ1v) is 10.2. The van der Waals surface area contributed by atoms with Gasteiger partial charge in [-0.05, 0) is 55.7 Å². The molecule has 0 saturated heterocycles. The first-order valence-electron chi connectivity index (χ1n) is 10.2. The number of hydrogen-bond acceptors (Lipinski definition) is 1. The third kappa shape index (κ3) is 4.70. The number of ether oxygens (including phenoxy) is 1. The predicted octanol–water partition coefficient (Wildman–Crippen LogP) is 7.89. The lowest BCUT2D eigenvalue weighted by Gasteiger charge is -2.32. The van der Waals surface area contributed by atoms with Crippen LogP contribution in [-0.4, -0.2) is 18.0 Å². The molecule has 7 heteroatoms. The van der Waals surface area contributed by atoms with Crippen molar-refractivity contribution >= 4 is 0 Å². The average molecular weight is 432 g/mol. The maximum Gasteiger partial charge on any atom is 0.398 e. The van der Waals surface area contributed by atoms with Crippen molar-refractivity contribution in [3.8, 4) is 5.75 Å². The second-order valence-electron chi connectivity index (χ2n) is 8.46. The molecule has 1 fully saturated rings. The number of rotatable bonds is 6. The second kappa shape index (κ2) is 8.31. The van der Waals surface area contributed by atoms with Crippen LogP contribution in [0.1, 0.15) is 63.9 Å². The summed E-state index contributed by atoms with van der Waals surface area (Å²) < 4.78 is 88.5. The van der Waals surface area contributed by atoms with E-state index in [9.17, 15) is 26.3 Å². The normalized spacial score (nSPS) is 26.0. The van der Waals surface area contributed by atoms with Gasteiger partial charge in [-0.3, -0.25) is 0 Å². The van der Waals surface area contributed by atoms with Gasteiger partial charge in [-0.25, -0.2) is 0 Å². The molecule has 0 amide bonds. The second-order valence-corrected chi connectivity index (χ2v) is 8.46. The fourth-order valence-corrected chi connectivity index (χ4v) is 4.03. The zero-order valence-electron chi connectivity index (χ0n) is 17.0. The standard InChI is InChI=1S/C23H26F6O/c1-15-3-6-17(7-4-15)18-8-11-20(12-9-18)30-21(24,25)14-13-19-10-5-16(2)22(26,27)23(19,28)29/h5,8-12,15,17H,3-4,6-7,13-14H2,1-2H3. The molecule has 0 N–H and O–H groups in total. The lowest BCUT2D eigenvalue weighted by atomic mass is 9.79. The highest BCUT2D eigenvalue weighted by Crippen LogP contribution is 2.49. The van der Waals surface area contributed by atoms with Gasteiger partial charge in [0.05, 0.1) is 6.42 Å². The largest absolute Gasteiger partial charge is 0.433 e. The van der Waals surface area contributed by atoms with E-state index in [-0.39, 0.29) is 5.75 Å². The molecule has 166 valence electrons. The van der Waals surface area contributed by atoms with E-state index in [1.54, 1.807) is 12.1 Å². The number of halogens is 6. The molecule has 1 aromatic rings. The van der Waals surface area contributed by atoms with Crippen molar-refractivity contribution in [1.29, 1.82) is 0 Å². The van der Waals surface area contributed by atoms with Gasteiger partial charge in [0.15, 0.2) is 0 Å². The lowest BCUT2D eigenvalue weighted by Crippen LogP contribution is -2.45. The first-order chi connectivity index (χ1) is 13.9. The van der Waals surface area contributed by atoms with Crippen LogP contribution in [0.15, 0.2) is 47.6 Å². The van der Waals surface area contributed by atoms with Gasteiger partial charge in [0.1, 0.15) is 5.75 Å². The number of alkyl halides is 6. The van der Waals surface area contributed by atoms with E-state index in [1.165, 1.54) is 12.1 Å². The molecule has 0 bridgehead atoms. The molecule has 1 saturated carbocycles. The van der Waals surface area contributed by atoms with Crippen molar-refractivity contribution in [2.75, 3.05) is 0 Å². The summed E-state index contributed by atoms with van der Waals surface area (Å²) in [6, 6.07) is 6.38. The van der Waals surface area contributed by atoms with Gasteiger partial charge in [0, 0.05) is 11.1 Å². The van der Waals surface area contributed by atoms with Crippen LogP contribution in [0.2, 0.25) is 0 Å². The molecule has 2 aliphatic rings. The predicted molar refractivity (Wildman–Crippen MR) is 103 cm³/mol. The van der Waals surface area contributed by atoms with Crippen molar-refractivity contribution in [2.45, 2.75) is 76.2 Å². The van der Waals surface area contributed by atoms with Crippen molar-refractivity contribution in [2.24, 2.45) is 5.92 Å². The van der Waals surface area contributed by atoms with Crippen LogP contribution in [0.5, 0.6) is 5.75 Å². The summed E-state index contributed by atoms with van der Waals surface area (Å²) in [6.07, 6.45) is 0.226. The molecular formula is C23H26F6O. The highest BCUT2D eigenvalue weighted by Gasteiger charge is 2.60. The van der Waals surface area contributed by atoms with Crippen LogP contribution in [-0.2, 0) is 0 Å². The summed E-state index contributed by atoms with van der Waals surface area (Å²) in [5.74, 6) is -7.87. The van der Waals surface area contributed by atoms with Gasteiger partial charge in [0.25, 0.3) is 0 Å². The smallest absolute Gasteiger partial charge is 0.398 e. The SMILES string of the molecule is CC1=CC=C(CCC(F)(F)Oc2ccc(C3CCC(C)CC3)cc2)C(F)(F)C1(F)F. The Morgan fingerprint density at radius 2 is 1.53 bits per heavy atom. The quantitative estimate of drug-likeness (QED) is 0.415. The molecule has 1 aromatic carbocycles. The fourth-order valence-electron chi connectivity index (χ4n) is 4.03. The van der Waals surface area contributed by atoms with E-state index in [0.29, 0.717) is 11.8 Å². The summed E-state index contributed by atoms with van der Waals surface area (Å²) in [7, 11) is 0. The molecule has 30 heavy (non-hydrogen) atoms. The van der Waals surface area contributed by atoms with Gasteiger partial charge in [-0.15, -0.1) is 0 Å². The van der Waals surface area contributed by atoms with Crippen molar-refractivity contribution < 1.29 is 31.1 Å². The summed E-state index contributed by atoms with van der Waals surface area (Å²) in [4.78, 5) is 0. The Morgan fingerprint density at radius 3 is 2.13 bits per heavy atom. The minimum Gasteiger partial charge on any atom is -0.433 e. The Morgan fingerprint density at radius 1 is 0.933 bits per heavy atom. The van der Waals surface area contributed by atoms with Crippen molar-refractivity contribution in [3.63, 3.8) is 0 Å². The van der Waals surface area contributed by atoms with Gasteiger partial charge in [-0.1, -0.05) is 44.1 Å². The summed E-state index contributed by atoms with van der Waals surface area (Å²) >= 11 is 0. The molecule has 1 nitrogen and oxygen atoms in total. The Balaban J connectivity index is 1.60. The Bertz CT molecular complexity index is 801. The number of hydrogen-bond donors (Lipinski definition) is 0. The van der Waals surface area contributed by atoms with E-state index >= 15 is 0 Å². The lowest BCUT2D eigenvalue weighted by molar-refractivity contribution is -0.187. The topological polar surface area (TPSA) is 9.23 Å². The molecule has 0 heterocycles. The van der Waals surface area contributed by atoms with Gasteiger partial charge in [0.2, 0.25) is 0 Å². The molecule has 0 aromatic heterocycles. The van der Waals surface area contributed by atoms with Crippen LogP contribution in [0.25, 0.3) is 0 Å². The molecular weight excluding hydrogens is 406 g/mol. The summed E-state index contributed by atoms with van der Waals surface area (Å²) in [6.45, 7) is 3.10. The monoisotopic (exact) mass is 432 g/mol. The van der Waals surface area contributed by atoms with E-state index in [0.717, 1.165) is 50.3 Å². The third-order valence-corrected chi connectivity index (χ3v) is 6.15. The van der Waals surface area contributed by atoms with Crippen LogP contribution in [0.3, 0.4) is 0 Å². The van der Waals surface area contributed by atoms with Gasteiger partial charge >= 0.3 is 18.0 Å². The molecule has 0 radical (unpaired) electrons. The van der Waals surface area contributed by atoms with Crippen molar-refractivity contribution in [1.82, 2.24) is 0 Å². The van der Waals surface area contributed by atoms with E-state index in [4.69, 9.17) is 0 Å². The molecule has 3 rings (SSSR count). The molecule has 0 unspecified atom stereocenters. The zero-order chi connectivity index (χ0) is 22.2. The summed E-state index contributed by atoms with van der Waals surface area (Å²) in [5.41, 5.74) is -0.760. The van der Waals surface area contributed by atoms with Gasteiger partial charge < -0.3 is 4.74 Å². The first kappa shape index (κ1) is 22.8. The van der Waals surface area contributed by atoms with Crippen LogP contribution in [0, 0.1) is 5.92 Å². The minimum absolute atomic E-state index is 0.0848. The number of benzene rings is 1. The molecule has 0 atom stereocenters. The Kier molecular flexibility index (Phi) is 6.30. The maximum atomic E-state index is 14.2. The fraction of sp³-hybridized carbons (Fsp3) is 0.565. The zero-order valence-corrected chi connectivity index (χ0v) is 17.0. The van der Waals surface area contributed by atoms with E-state index in [2.05, 4.69) is 11.7 Å². The highest BCUT2D eigenvalue weighted by molar-refractivity contribution is 5.37. The minimum atomic E-state index is -4.50. The molecule has 0 aliphatic heterocycles. The van der Waals surface area contributed by atoms with Crippen LogP contribution >= 0.6 is 0 Å². The van der Waals surface area contributed by atoms with Gasteiger partial charge in [-0.2, -0.15) is 26.3 Å². The van der Waals surface area contributed by atoms with E-state index < -0.39 is 41.9 Å².